The molecule has 2 unspecified atom stereocenters. The van der Waals surface area contributed by atoms with E-state index in [1.807, 2.05) is 38.1 Å². The molecule has 4 N–H and O–H groups in total. The van der Waals surface area contributed by atoms with Crippen molar-refractivity contribution in [2.45, 2.75) is 58.0 Å². The van der Waals surface area contributed by atoms with Crippen LogP contribution < -0.4 is 28.7 Å². The number of fused-ring (bicyclic) bond motifs is 2. The topological polar surface area (TPSA) is 193 Å². The van der Waals surface area contributed by atoms with Gasteiger partial charge >= 0.3 is 0 Å². The smallest absolute Gasteiger partial charge is 0.162 e. The van der Waals surface area contributed by atoms with Crippen LogP contribution in [-0.4, -0.2) is 90.9 Å². The van der Waals surface area contributed by atoms with Crippen molar-refractivity contribution in [2.75, 3.05) is 50.2 Å². The molecule has 16 nitrogen and oxygen atoms in total. The second-order valence-corrected chi connectivity index (χ2v) is 18.6. The van der Waals surface area contributed by atoms with Gasteiger partial charge in [0.1, 0.15) is 47.4 Å². The third-order valence-corrected chi connectivity index (χ3v) is 14.2. The van der Waals surface area contributed by atoms with Gasteiger partial charge in [-0.15, -0.1) is 0 Å². The largest absolute Gasteiger partial charge is 0.493 e. The Morgan fingerprint density at radius 2 is 1.03 bits per heavy atom. The molecule has 4 atom stereocenters. The first kappa shape index (κ1) is 46.6. The number of methoxy groups -OCH3 is 2. The van der Waals surface area contributed by atoms with E-state index in [4.69, 9.17) is 85.5 Å². The van der Waals surface area contributed by atoms with E-state index in [1.54, 1.807) is 51.9 Å². The molecule has 0 bridgehead atoms. The number of hydrogen-bond donors (Lipinski definition) is 4. The van der Waals surface area contributed by atoms with Gasteiger partial charge in [-0.2, -0.15) is 10.2 Å². The van der Waals surface area contributed by atoms with Crippen molar-refractivity contribution in [3.05, 3.63) is 115 Å². The molecule has 69 heavy (non-hydrogen) atoms. The molecule has 0 aliphatic carbocycles. The summed E-state index contributed by atoms with van der Waals surface area (Å²) in [5.74, 6) is 2.90. The quantitative estimate of drug-likeness (QED) is 0.0758. The van der Waals surface area contributed by atoms with Crippen molar-refractivity contribution in [3.63, 3.8) is 0 Å². The van der Waals surface area contributed by atoms with Crippen LogP contribution in [0.15, 0.2) is 67.4 Å². The molecule has 0 saturated carbocycles. The van der Waals surface area contributed by atoms with Gasteiger partial charge in [0.05, 0.1) is 51.0 Å². The van der Waals surface area contributed by atoms with Crippen LogP contribution in [0.3, 0.4) is 0 Å². The fourth-order valence-electron chi connectivity index (χ4n) is 8.82. The van der Waals surface area contributed by atoms with E-state index in [2.05, 4.69) is 30.0 Å². The fraction of sp³-hybridized carbons (Fsp3) is 0.306. The van der Waals surface area contributed by atoms with E-state index in [9.17, 15) is 10.2 Å². The highest BCUT2D eigenvalue weighted by Gasteiger charge is 2.33. The Morgan fingerprint density at radius 3 is 1.46 bits per heavy atom. The molecule has 2 aliphatic rings. The normalized spacial score (nSPS) is 15.4. The number of hydrogen-bond acceptors (Lipinski definition) is 14. The number of halogens is 4. The summed E-state index contributed by atoms with van der Waals surface area (Å²) in [5.41, 5.74) is 6.30. The van der Waals surface area contributed by atoms with Crippen molar-refractivity contribution in [1.29, 1.82) is 0 Å². The molecule has 8 aromatic rings. The number of pyridine rings is 4. The highest BCUT2D eigenvalue weighted by atomic mass is 35.5. The zero-order valence-corrected chi connectivity index (χ0v) is 41.0. The number of nitrogens with zero attached hydrogens (tertiary/aromatic N) is 8. The van der Waals surface area contributed by atoms with Crippen molar-refractivity contribution in [1.82, 2.24) is 40.3 Å². The SMILES string of the molecule is COc1cc2[nH]nc(-c3cnc(N4CCC4)c(C(O)C(O)c4cc(-c5n[nH]c6cc(OC)c(O[C@H](C)c7c(Cl)cnc(C)c7Cl)cc56)cnc4N4CCC4)c3)c2cc1O[C@H](C)c1c(Cl)cncc1Cl. The Morgan fingerprint density at radius 1 is 0.580 bits per heavy atom. The van der Waals surface area contributed by atoms with Crippen LogP contribution in [0.2, 0.25) is 20.1 Å². The molecule has 2 aliphatic heterocycles. The number of aromatic nitrogens is 8. The molecule has 6 aromatic heterocycles. The van der Waals surface area contributed by atoms with Crippen LogP contribution in [-0.2, 0) is 0 Å². The summed E-state index contributed by atoms with van der Waals surface area (Å²) in [7, 11) is 3.11. The Hall–Kier alpha value is -6.14. The molecule has 20 heteroatoms. The van der Waals surface area contributed by atoms with Crippen LogP contribution in [0, 0.1) is 6.92 Å². The summed E-state index contributed by atoms with van der Waals surface area (Å²) in [6, 6.07) is 10.9. The van der Waals surface area contributed by atoms with E-state index in [-0.39, 0.29) is 0 Å². The summed E-state index contributed by atoms with van der Waals surface area (Å²) >= 11 is 26.2. The van der Waals surface area contributed by atoms with E-state index < -0.39 is 24.4 Å². The first-order valence-corrected chi connectivity index (χ1v) is 23.8. The number of nitrogens with one attached hydrogen (secondary N) is 2. The number of aromatic amines is 2. The molecule has 356 valence electrons. The standard InChI is InChI=1S/C49H46Cl4N10O6/c1-23-43(53)42(34(52)22-55-23)25(3)69-40-15-29-36(17-38(40)67-5)59-61-45(29)27-13-31(49(57-19-27)63-10-7-11-63)47(65)46(64)30-12-26(18-56-48(30)62-8-6-9-62)44-28-14-39(37(66-4)16-35(28)58-60-44)68-24(2)41-32(50)20-54-21-33(41)51/h12-22,24-25,46-47,64-65H,6-11H2,1-5H3,(H,58,60)(H,59,61)/t24-,25-,46?,47?/m1/s1. The van der Waals surface area contributed by atoms with Gasteiger partial charge in [0.2, 0.25) is 0 Å². The second-order valence-electron chi connectivity index (χ2n) is 17.0. The van der Waals surface area contributed by atoms with Gasteiger partial charge < -0.3 is 39.0 Å². The van der Waals surface area contributed by atoms with Crippen LogP contribution in [0.1, 0.15) is 79.1 Å². The zero-order valence-electron chi connectivity index (χ0n) is 38.0. The van der Waals surface area contributed by atoms with Crippen molar-refractivity contribution in [2.24, 2.45) is 0 Å². The van der Waals surface area contributed by atoms with Gasteiger partial charge in [0.15, 0.2) is 23.0 Å². The first-order valence-electron chi connectivity index (χ1n) is 22.2. The van der Waals surface area contributed by atoms with E-state index >= 15 is 0 Å². The Kier molecular flexibility index (Phi) is 12.8. The lowest BCUT2D eigenvalue weighted by atomic mass is 9.94. The maximum absolute atomic E-state index is 12.5. The third kappa shape index (κ3) is 8.57. The average molecular weight is 1010 g/mol. The predicted octanol–water partition coefficient (Wildman–Crippen LogP) is 10.8. The minimum atomic E-state index is -1.44. The lowest BCUT2D eigenvalue weighted by Crippen LogP contribution is -2.39. The minimum absolute atomic E-state index is 0.371. The van der Waals surface area contributed by atoms with Crippen molar-refractivity contribution >= 4 is 79.8 Å². The number of aliphatic hydroxyl groups excluding tert-OH is 2. The summed E-state index contributed by atoms with van der Waals surface area (Å²) in [6.07, 6.45) is 5.94. The highest BCUT2D eigenvalue weighted by Crippen LogP contribution is 2.46. The Bertz CT molecular complexity index is 3230. The minimum Gasteiger partial charge on any atom is -0.493 e. The number of rotatable bonds is 15. The van der Waals surface area contributed by atoms with E-state index in [0.717, 1.165) is 39.0 Å². The average Bonchev–Trinajstić information content (AvgIpc) is 3.92. The van der Waals surface area contributed by atoms with Gasteiger partial charge in [-0.05, 0) is 57.9 Å². The van der Waals surface area contributed by atoms with E-state index in [1.165, 1.54) is 12.4 Å². The molecular formula is C49H46Cl4N10O6. The van der Waals surface area contributed by atoms with Crippen LogP contribution in [0.25, 0.3) is 44.3 Å². The van der Waals surface area contributed by atoms with Gasteiger partial charge in [-0.3, -0.25) is 20.2 Å². The van der Waals surface area contributed by atoms with Crippen LogP contribution >= 0.6 is 46.4 Å². The van der Waals surface area contributed by atoms with Crippen molar-refractivity contribution < 1.29 is 29.2 Å². The zero-order chi connectivity index (χ0) is 48.2. The lowest BCUT2D eigenvalue weighted by Gasteiger charge is -2.36. The molecule has 2 fully saturated rings. The molecular weight excluding hydrogens is 966 g/mol. The monoisotopic (exact) mass is 1010 g/mol. The number of H-pyrrole nitrogens is 2. The molecule has 0 radical (unpaired) electrons. The third-order valence-electron chi connectivity index (χ3n) is 12.8. The van der Waals surface area contributed by atoms with Gasteiger partial charge in [0.25, 0.3) is 0 Å². The number of aliphatic hydroxyl groups is 2. The number of aryl methyl sites for hydroxylation is 1. The molecule has 10 rings (SSSR count). The maximum Gasteiger partial charge on any atom is 0.162 e. The fourth-order valence-corrected chi connectivity index (χ4v) is 10.1. The number of benzene rings is 2. The van der Waals surface area contributed by atoms with Gasteiger partial charge in [-0.25, -0.2) is 9.97 Å². The lowest BCUT2D eigenvalue weighted by molar-refractivity contribution is 0.0173. The molecule has 2 saturated heterocycles. The van der Waals surface area contributed by atoms with Gasteiger partial charge in [-0.1, -0.05) is 46.4 Å². The Balaban J connectivity index is 1.01. The Labute approximate surface area is 416 Å². The van der Waals surface area contributed by atoms with Gasteiger partial charge in [0, 0.05) is 113 Å². The number of ether oxygens (including phenoxy) is 4. The molecule has 0 spiro atoms. The first-order chi connectivity index (χ1) is 33.3. The summed E-state index contributed by atoms with van der Waals surface area (Å²) in [4.78, 5) is 22.3. The second kappa shape index (κ2) is 19.0. The highest BCUT2D eigenvalue weighted by molar-refractivity contribution is 6.36. The summed E-state index contributed by atoms with van der Waals surface area (Å²) < 4.78 is 24.4. The molecule has 2 aromatic carbocycles. The molecule has 0 amide bonds. The summed E-state index contributed by atoms with van der Waals surface area (Å²) in [5, 5.41) is 43.5. The van der Waals surface area contributed by atoms with Crippen LogP contribution in [0.4, 0.5) is 11.6 Å². The predicted molar refractivity (Wildman–Crippen MR) is 267 cm³/mol. The van der Waals surface area contributed by atoms with E-state index in [0.29, 0.717) is 127 Å². The van der Waals surface area contributed by atoms with Crippen molar-refractivity contribution in [3.8, 4) is 45.5 Å². The maximum atomic E-state index is 12.5. The summed E-state index contributed by atoms with van der Waals surface area (Å²) in [6.45, 7) is 8.48. The van der Waals surface area contributed by atoms with Crippen LogP contribution in [0.5, 0.6) is 23.0 Å². The molecule has 8 heterocycles. The number of anilines is 2.